The zero-order valence-electron chi connectivity index (χ0n) is 11.1. The number of carboxylic acids is 1. The lowest BCUT2D eigenvalue weighted by molar-refractivity contribution is -0.154. The molecule has 5 nitrogen and oxygen atoms in total. The van der Waals surface area contributed by atoms with E-state index in [0.717, 1.165) is 19.4 Å². The Morgan fingerprint density at radius 2 is 2.17 bits per heavy atom. The summed E-state index contributed by atoms with van der Waals surface area (Å²) >= 11 is 0. The van der Waals surface area contributed by atoms with Gasteiger partial charge in [0.15, 0.2) is 0 Å². The number of amides is 1. The molecule has 2 N–H and O–H groups in total. The van der Waals surface area contributed by atoms with Gasteiger partial charge in [-0.15, -0.1) is 0 Å². The van der Waals surface area contributed by atoms with Crippen molar-refractivity contribution in [1.82, 2.24) is 10.2 Å². The summed E-state index contributed by atoms with van der Waals surface area (Å²) in [5.74, 6) is -0.380. The van der Waals surface area contributed by atoms with Crippen molar-refractivity contribution in [2.75, 3.05) is 19.6 Å². The molecule has 3 unspecified atom stereocenters. The number of aliphatic carboxylic acids is 1. The summed E-state index contributed by atoms with van der Waals surface area (Å²) < 4.78 is 0. The Balaban J connectivity index is 2.05. The fourth-order valence-electron chi connectivity index (χ4n) is 2.96. The highest BCUT2D eigenvalue weighted by Crippen LogP contribution is 2.30. The molecule has 0 bridgehead atoms. The van der Waals surface area contributed by atoms with Gasteiger partial charge in [-0.1, -0.05) is 6.92 Å². The molecule has 1 amide bonds. The van der Waals surface area contributed by atoms with Gasteiger partial charge < -0.3 is 15.3 Å². The molecular formula is C13H22N2O3. The molecule has 3 atom stereocenters. The number of rotatable bonds is 2. The van der Waals surface area contributed by atoms with Crippen LogP contribution in [0.5, 0.6) is 0 Å². The lowest BCUT2D eigenvalue weighted by Crippen LogP contribution is -2.53. The molecule has 0 radical (unpaired) electrons. The summed E-state index contributed by atoms with van der Waals surface area (Å²) in [5, 5.41) is 12.5. The van der Waals surface area contributed by atoms with E-state index in [0.29, 0.717) is 25.4 Å². The van der Waals surface area contributed by atoms with Crippen molar-refractivity contribution in [1.29, 1.82) is 0 Å². The predicted molar refractivity (Wildman–Crippen MR) is 67.1 cm³/mol. The van der Waals surface area contributed by atoms with Crippen LogP contribution in [0.2, 0.25) is 0 Å². The van der Waals surface area contributed by atoms with Crippen molar-refractivity contribution in [2.24, 2.45) is 11.3 Å². The number of carboxylic acid groups (broad SMARTS) is 1. The Morgan fingerprint density at radius 1 is 1.44 bits per heavy atom. The molecule has 102 valence electrons. The topological polar surface area (TPSA) is 69.6 Å². The van der Waals surface area contributed by atoms with Crippen LogP contribution in [0.1, 0.15) is 33.1 Å². The molecule has 18 heavy (non-hydrogen) atoms. The number of carbonyl (C=O) groups excluding carboxylic acids is 1. The molecule has 2 rings (SSSR count). The first-order valence-electron chi connectivity index (χ1n) is 6.69. The van der Waals surface area contributed by atoms with Crippen LogP contribution in [-0.2, 0) is 9.59 Å². The predicted octanol–water partition coefficient (Wildman–Crippen LogP) is 0.698. The molecule has 0 aliphatic carbocycles. The van der Waals surface area contributed by atoms with Gasteiger partial charge in [-0.25, -0.2) is 0 Å². The molecule has 0 saturated carbocycles. The van der Waals surface area contributed by atoms with E-state index in [1.807, 2.05) is 0 Å². The second kappa shape index (κ2) is 4.88. The van der Waals surface area contributed by atoms with E-state index >= 15 is 0 Å². The van der Waals surface area contributed by atoms with Crippen LogP contribution in [0.4, 0.5) is 0 Å². The molecular weight excluding hydrogens is 232 g/mol. The monoisotopic (exact) mass is 254 g/mol. The van der Waals surface area contributed by atoms with Gasteiger partial charge in [-0.3, -0.25) is 9.59 Å². The summed E-state index contributed by atoms with van der Waals surface area (Å²) in [7, 11) is 0. The Bertz CT molecular complexity index is 358. The number of nitrogens with one attached hydrogen (secondary N) is 1. The maximum atomic E-state index is 12.4. The molecule has 5 heteroatoms. The number of hydrogen-bond acceptors (Lipinski definition) is 3. The Morgan fingerprint density at radius 3 is 2.72 bits per heavy atom. The van der Waals surface area contributed by atoms with Gasteiger partial charge >= 0.3 is 5.97 Å². The normalized spacial score (nSPS) is 36.7. The van der Waals surface area contributed by atoms with E-state index in [2.05, 4.69) is 12.2 Å². The van der Waals surface area contributed by atoms with E-state index in [1.54, 1.807) is 11.8 Å². The van der Waals surface area contributed by atoms with Gasteiger partial charge in [0.25, 0.3) is 0 Å². The third kappa shape index (κ3) is 2.36. The summed E-state index contributed by atoms with van der Waals surface area (Å²) in [5.41, 5.74) is -0.782. The van der Waals surface area contributed by atoms with Crippen molar-refractivity contribution in [2.45, 2.75) is 39.2 Å². The number of piperidine rings is 1. The molecule has 0 aromatic carbocycles. The van der Waals surface area contributed by atoms with E-state index < -0.39 is 11.4 Å². The Kier molecular flexibility index (Phi) is 3.61. The van der Waals surface area contributed by atoms with Crippen LogP contribution in [0, 0.1) is 11.3 Å². The fraction of sp³-hybridized carbons (Fsp3) is 0.846. The zero-order chi connectivity index (χ0) is 13.3. The standard InChI is InChI=1S/C13H22N2O3/c1-9-4-6-14-10(9)11(16)15-7-3-5-13(2,8-15)12(17)18/h9-10,14H,3-8H2,1-2H3,(H,17,18). The first kappa shape index (κ1) is 13.3. The summed E-state index contributed by atoms with van der Waals surface area (Å²) in [4.78, 5) is 25.4. The molecule has 2 aliphatic heterocycles. The van der Waals surface area contributed by atoms with Gasteiger partial charge in [-0.2, -0.15) is 0 Å². The molecule has 2 saturated heterocycles. The van der Waals surface area contributed by atoms with Crippen molar-refractivity contribution in [3.63, 3.8) is 0 Å². The quantitative estimate of drug-likeness (QED) is 0.761. The molecule has 2 fully saturated rings. The second-order valence-electron chi connectivity index (χ2n) is 5.93. The maximum Gasteiger partial charge on any atom is 0.311 e. The van der Waals surface area contributed by atoms with Gasteiger partial charge in [0.2, 0.25) is 5.91 Å². The average Bonchev–Trinajstić information content (AvgIpc) is 2.74. The maximum absolute atomic E-state index is 12.4. The first-order valence-corrected chi connectivity index (χ1v) is 6.69. The Hall–Kier alpha value is -1.10. The van der Waals surface area contributed by atoms with Crippen LogP contribution < -0.4 is 5.32 Å². The van der Waals surface area contributed by atoms with Crippen LogP contribution >= 0.6 is 0 Å². The molecule has 2 aliphatic rings. The molecule has 0 aromatic heterocycles. The second-order valence-corrected chi connectivity index (χ2v) is 5.93. The van der Waals surface area contributed by atoms with E-state index in [4.69, 9.17) is 0 Å². The van der Waals surface area contributed by atoms with Crippen LogP contribution in [-0.4, -0.2) is 47.6 Å². The van der Waals surface area contributed by atoms with Crippen LogP contribution in [0.3, 0.4) is 0 Å². The first-order chi connectivity index (χ1) is 8.44. The molecule has 2 heterocycles. The number of nitrogens with zero attached hydrogens (tertiary/aromatic N) is 1. The SMILES string of the molecule is CC1CCNC1C(=O)N1CCCC(C)(C(=O)O)C1. The van der Waals surface area contributed by atoms with Gasteiger partial charge in [0.1, 0.15) is 0 Å². The van der Waals surface area contributed by atoms with Crippen LogP contribution in [0.25, 0.3) is 0 Å². The van der Waals surface area contributed by atoms with E-state index in [9.17, 15) is 14.7 Å². The summed E-state index contributed by atoms with van der Waals surface area (Å²) in [6.07, 6.45) is 2.44. The summed E-state index contributed by atoms with van der Waals surface area (Å²) in [6, 6.07) is -0.124. The minimum absolute atomic E-state index is 0.0761. The Labute approximate surface area is 108 Å². The fourth-order valence-corrected chi connectivity index (χ4v) is 2.96. The number of carbonyl (C=O) groups is 2. The van der Waals surface area contributed by atoms with Crippen molar-refractivity contribution < 1.29 is 14.7 Å². The molecule has 0 spiro atoms. The van der Waals surface area contributed by atoms with Gasteiger partial charge in [-0.05, 0) is 38.6 Å². The third-order valence-corrected chi connectivity index (χ3v) is 4.32. The van der Waals surface area contributed by atoms with E-state index in [-0.39, 0.29) is 11.9 Å². The highest BCUT2D eigenvalue weighted by Gasteiger charge is 2.42. The minimum Gasteiger partial charge on any atom is -0.481 e. The van der Waals surface area contributed by atoms with Crippen LogP contribution in [0.15, 0.2) is 0 Å². The lowest BCUT2D eigenvalue weighted by Gasteiger charge is -2.39. The summed E-state index contributed by atoms with van der Waals surface area (Å²) in [6.45, 7) is 5.71. The molecule has 0 aromatic rings. The average molecular weight is 254 g/mol. The van der Waals surface area contributed by atoms with E-state index in [1.165, 1.54) is 0 Å². The highest BCUT2D eigenvalue weighted by atomic mass is 16.4. The number of hydrogen-bond donors (Lipinski definition) is 2. The van der Waals surface area contributed by atoms with Crippen molar-refractivity contribution in [3.8, 4) is 0 Å². The van der Waals surface area contributed by atoms with Gasteiger partial charge in [0, 0.05) is 13.1 Å². The lowest BCUT2D eigenvalue weighted by atomic mass is 9.81. The van der Waals surface area contributed by atoms with Crippen molar-refractivity contribution in [3.05, 3.63) is 0 Å². The highest BCUT2D eigenvalue weighted by molar-refractivity contribution is 5.84. The minimum atomic E-state index is -0.799. The largest absolute Gasteiger partial charge is 0.481 e. The third-order valence-electron chi connectivity index (χ3n) is 4.32. The number of likely N-dealkylation sites (tertiary alicyclic amines) is 1. The smallest absolute Gasteiger partial charge is 0.311 e. The zero-order valence-corrected chi connectivity index (χ0v) is 11.1. The van der Waals surface area contributed by atoms with Crippen molar-refractivity contribution >= 4 is 11.9 Å². The van der Waals surface area contributed by atoms with Gasteiger partial charge in [0.05, 0.1) is 11.5 Å².